The lowest BCUT2D eigenvalue weighted by Gasteiger charge is -2.08. The number of hydrogen-bond donors (Lipinski definition) is 0. The first kappa shape index (κ1) is 14.1. The molecular formula is C16H13IN2O2. The minimum absolute atomic E-state index is 0.0960. The summed E-state index contributed by atoms with van der Waals surface area (Å²) in [5.41, 5.74) is 2.24. The maximum absolute atomic E-state index is 12.1. The van der Waals surface area contributed by atoms with Crippen LogP contribution in [0.5, 0.6) is 5.75 Å². The summed E-state index contributed by atoms with van der Waals surface area (Å²) < 4.78 is 8.30. The van der Waals surface area contributed by atoms with Crippen molar-refractivity contribution in [1.29, 1.82) is 0 Å². The standard InChI is InChI=1S/C16H13IN2O2/c1-11-6-7-19-15(8-11)18-12(9-16(19)20)10-21-14-5-3-2-4-13(14)17/h2-9H,10H2,1H3. The summed E-state index contributed by atoms with van der Waals surface area (Å²) in [6, 6.07) is 13.0. The summed E-state index contributed by atoms with van der Waals surface area (Å²) in [6.07, 6.45) is 1.74. The number of aryl methyl sites for hydroxylation is 1. The fraction of sp³-hybridized carbons (Fsp3) is 0.125. The highest BCUT2D eigenvalue weighted by Gasteiger charge is 2.05. The zero-order chi connectivity index (χ0) is 14.8. The number of fused-ring (bicyclic) bond motifs is 1. The summed E-state index contributed by atoms with van der Waals surface area (Å²) in [5.74, 6) is 0.796. The van der Waals surface area contributed by atoms with Gasteiger partial charge < -0.3 is 4.74 Å². The zero-order valence-electron chi connectivity index (χ0n) is 11.4. The Labute approximate surface area is 135 Å². The van der Waals surface area contributed by atoms with Crippen LogP contribution in [0.25, 0.3) is 5.65 Å². The number of benzene rings is 1. The SMILES string of the molecule is Cc1ccn2c(=O)cc(COc3ccccc3I)nc2c1. The highest BCUT2D eigenvalue weighted by molar-refractivity contribution is 14.1. The lowest BCUT2D eigenvalue weighted by Crippen LogP contribution is -2.16. The second-order valence-corrected chi connectivity index (χ2v) is 5.90. The molecule has 0 saturated carbocycles. The van der Waals surface area contributed by atoms with Crippen molar-refractivity contribution in [1.82, 2.24) is 9.38 Å². The van der Waals surface area contributed by atoms with E-state index in [1.807, 2.05) is 43.3 Å². The summed E-state index contributed by atoms with van der Waals surface area (Å²) in [5, 5.41) is 0. The van der Waals surface area contributed by atoms with Gasteiger partial charge in [0, 0.05) is 12.3 Å². The lowest BCUT2D eigenvalue weighted by atomic mass is 10.3. The van der Waals surface area contributed by atoms with E-state index in [4.69, 9.17) is 4.74 Å². The molecule has 1 aromatic carbocycles. The molecule has 0 N–H and O–H groups in total. The molecule has 21 heavy (non-hydrogen) atoms. The number of halogens is 1. The average molecular weight is 392 g/mol. The Balaban J connectivity index is 1.91. The van der Waals surface area contributed by atoms with Gasteiger partial charge in [0.25, 0.3) is 5.56 Å². The molecule has 106 valence electrons. The molecule has 2 aromatic heterocycles. The lowest BCUT2D eigenvalue weighted by molar-refractivity contribution is 0.299. The molecule has 3 rings (SSSR count). The molecule has 0 aliphatic rings. The molecule has 0 aliphatic carbocycles. The van der Waals surface area contributed by atoms with Gasteiger partial charge in [0.05, 0.1) is 9.26 Å². The largest absolute Gasteiger partial charge is 0.486 e. The molecule has 5 heteroatoms. The van der Waals surface area contributed by atoms with Gasteiger partial charge in [-0.05, 0) is 59.3 Å². The van der Waals surface area contributed by atoms with E-state index < -0.39 is 0 Å². The Kier molecular flexibility index (Phi) is 3.92. The monoisotopic (exact) mass is 392 g/mol. The van der Waals surface area contributed by atoms with E-state index in [9.17, 15) is 4.79 Å². The van der Waals surface area contributed by atoms with Crippen LogP contribution in [0.3, 0.4) is 0 Å². The quantitative estimate of drug-likeness (QED) is 0.644. The molecule has 0 atom stereocenters. The van der Waals surface area contributed by atoms with Crippen molar-refractivity contribution in [3.8, 4) is 5.75 Å². The smallest absolute Gasteiger partial charge is 0.258 e. The van der Waals surface area contributed by atoms with Crippen LogP contribution < -0.4 is 10.3 Å². The van der Waals surface area contributed by atoms with Crippen molar-refractivity contribution in [3.63, 3.8) is 0 Å². The third kappa shape index (κ3) is 3.07. The first-order valence-electron chi connectivity index (χ1n) is 6.50. The third-order valence-electron chi connectivity index (χ3n) is 3.09. The van der Waals surface area contributed by atoms with Gasteiger partial charge in [-0.2, -0.15) is 0 Å². The fourth-order valence-corrected chi connectivity index (χ4v) is 2.58. The molecule has 0 saturated heterocycles. The molecule has 3 aromatic rings. The maximum Gasteiger partial charge on any atom is 0.258 e. The summed E-state index contributed by atoms with van der Waals surface area (Å²) in [7, 11) is 0. The summed E-state index contributed by atoms with van der Waals surface area (Å²) >= 11 is 2.22. The van der Waals surface area contributed by atoms with Gasteiger partial charge in [-0.15, -0.1) is 0 Å². The van der Waals surface area contributed by atoms with Crippen molar-refractivity contribution in [3.05, 3.63) is 73.8 Å². The average Bonchev–Trinajstić information content (AvgIpc) is 2.46. The maximum atomic E-state index is 12.1. The van der Waals surface area contributed by atoms with E-state index in [0.717, 1.165) is 14.9 Å². The number of para-hydroxylation sites is 1. The van der Waals surface area contributed by atoms with Gasteiger partial charge in [0.1, 0.15) is 18.0 Å². The third-order valence-corrected chi connectivity index (χ3v) is 3.98. The van der Waals surface area contributed by atoms with Crippen molar-refractivity contribution in [2.45, 2.75) is 13.5 Å². The molecule has 0 bridgehead atoms. The van der Waals surface area contributed by atoms with Crippen LogP contribution in [-0.2, 0) is 6.61 Å². The van der Waals surface area contributed by atoms with Gasteiger partial charge >= 0.3 is 0 Å². The van der Waals surface area contributed by atoms with Crippen LogP contribution in [0.1, 0.15) is 11.3 Å². The second kappa shape index (κ2) is 5.85. The molecule has 0 aliphatic heterocycles. The van der Waals surface area contributed by atoms with Crippen LogP contribution in [0.15, 0.2) is 53.5 Å². The minimum Gasteiger partial charge on any atom is -0.486 e. The highest BCUT2D eigenvalue weighted by atomic mass is 127. The molecular weight excluding hydrogens is 379 g/mol. The van der Waals surface area contributed by atoms with Gasteiger partial charge in [0.15, 0.2) is 0 Å². The number of ether oxygens (including phenoxy) is 1. The normalized spacial score (nSPS) is 10.8. The Morgan fingerprint density at radius 2 is 2.05 bits per heavy atom. The van der Waals surface area contributed by atoms with E-state index >= 15 is 0 Å². The molecule has 4 nitrogen and oxygen atoms in total. The predicted octanol–water partition coefficient (Wildman–Crippen LogP) is 3.19. The molecule has 2 heterocycles. The summed E-state index contributed by atoms with van der Waals surface area (Å²) in [4.78, 5) is 16.5. The van der Waals surface area contributed by atoms with Gasteiger partial charge in [-0.1, -0.05) is 12.1 Å². The van der Waals surface area contributed by atoms with Gasteiger partial charge in [-0.25, -0.2) is 4.98 Å². The predicted molar refractivity (Wildman–Crippen MR) is 89.7 cm³/mol. The van der Waals surface area contributed by atoms with Crippen molar-refractivity contribution in [2.24, 2.45) is 0 Å². The topological polar surface area (TPSA) is 43.6 Å². The van der Waals surface area contributed by atoms with E-state index in [2.05, 4.69) is 27.6 Å². The molecule has 0 spiro atoms. The molecule has 0 amide bonds. The zero-order valence-corrected chi connectivity index (χ0v) is 13.6. The second-order valence-electron chi connectivity index (χ2n) is 4.74. The van der Waals surface area contributed by atoms with E-state index in [0.29, 0.717) is 11.3 Å². The van der Waals surface area contributed by atoms with Gasteiger partial charge in [0.2, 0.25) is 0 Å². The number of nitrogens with zero attached hydrogens (tertiary/aromatic N) is 2. The van der Waals surface area contributed by atoms with Crippen LogP contribution >= 0.6 is 22.6 Å². The van der Waals surface area contributed by atoms with Crippen LogP contribution in [0, 0.1) is 10.5 Å². The Morgan fingerprint density at radius 1 is 1.24 bits per heavy atom. The fourth-order valence-electron chi connectivity index (χ4n) is 2.04. The van der Waals surface area contributed by atoms with E-state index in [1.54, 1.807) is 6.20 Å². The van der Waals surface area contributed by atoms with E-state index in [-0.39, 0.29) is 12.2 Å². The van der Waals surface area contributed by atoms with Crippen LogP contribution in [0.2, 0.25) is 0 Å². The van der Waals surface area contributed by atoms with Crippen LogP contribution in [-0.4, -0.2) is 9.38 Å². The number of hydrogen-bond acceptors (Lipinski definition) is 3. The first-order valence-corrected chi connectivity index (χ1v) is 7.57. The van der Waals surface area contributed by atoms with Crippen molar-refractivity contribution in [2.75, 3.05) is 0 Å². The Morgan fingerprint density at radius 3 is 2.86 bits per heavy atom. The Hall–Kier alpha value is -1.89. The van der Waals surface area contributed by atoms with Gasteiger partial charge in [-0.3, -0.25) is 9.20 Å². The van der Waals surface area contributed by atoms with Crippen molar-refractivity contribution >= 4 is 28.2 Å². The van der Waals surface area contributed by atoms with Crippen molar-refractivity contribution < 1.29 is 4.74 Å². The Bertz CT molecular complexity index is 858. The highest BCUT2D eigenvalue weighted by Crippen LogP contribution is 2.20. The number of rotatable bonds is 3. The molecule has 0 radical (unpaired) electrons. The summed E-state index contributed by atoms with van der Waals surface area (Å²) in [6.45, 7) is 2.25. The van der Waals surface area contributed by atoms with E-state index in [1.165, 1.54) is 10.5 Å². The molecule has 0 unspecified atom stereocenters. The number of aromatic nitrogens is 2. The first-order chi connectivity index (χ1) is 10.1. The molecule has 0 fully saturated rings. The number of pyridine rings is 1. The van der Waals surface area contributed by atoms with Crippen LogP contribution in [0.4, 0.5) is 0 Å². The minimum atomic E-state index is -0.0960.